The lowest BCUT2D eigenvalue weighted by molar-refractivity contribution is 0.0575. The fraction of sp³-hybridized carbons (Fsp3) is 0.154. The summed E-state index contributed by atoms with van der Waals surface area (Å²) in [7, 11) is 3.12. The molecule has 34 heavy (non-hydrogen) atoms. The van der Waals surface area contributed by atoms with Gasteiger partial charge in [0.2, 0.25) is 11.7 Å². The fourth-order valence-corrected chi connectivity index (χ4v) is 4.08. The molecule has 3 aromatic carbocycles. The molecule has 0 aliphatic carbocycles. The molecule has 0 fully saturated rings. The van der Waals surface area contributed by atoms with Crippen molar-refractivity contribution >= 4 is 11.8 Å². The Hall–Kier alpha value is -4.46. The summed E-state index contributed by atoms with van der Waals surface area (Å²) in [6.45, 7) is 0. The normalized spacial score (nSPS) is 13.6. The number of aromatic nitrogens is 2. The van der Waals surface area contributed by atoms with Crippen molar-refractivity contribution in [1.29, 1.82) is 0 Å². The maximum atomic E-state index is 13.2. The van der Waals surface area contributed by atoms with Crippen molar-refractivity contribution in [2.45, 2.75) is 12.5 Å². The van der Waals surface area contributed by atoms with Crippen LogP contribution in [0.2, 0.25) is 0 Å². The molecule has 0 unspecified atom stereocenters. The lowest BCUT2D eigenvalue weighted by Crippen LogP contribution is -2.35. The lowest BCUT2D eigenvalue weighted by Gasteiger charge is -2.25. The van der Waals surface area contributed by atoms with E-state index in [0.717, 1.165) is 5.56 Å². The summed E-state index contributed by atoms with van der Waals surface area (Å²) in [6.07, 6.45) is 0.170. The second kappa shape index (κ2) is 8.82. The molecule has 1 aromatic heterocycles. The molecule has 2 heterocycles. The highest BCUT2D eigenvalue weighted by atomic mass is 16.5. The average molecular weight is 455 g/mol. The fourth-order valence-electron chi connectivity index (χ4n) is 4.08. The van der Waals surface area contributed by atoms with Gasteiger partial charge in [-0.05, 0) is 29.8 Å². The van der Waals surface area contributed by atoms with E-state index in [9.17, 15) is 9.59 Å². The van der Waals surface area contributed by atoms with Crippen LogP contribution in [0.1, 0.15) is 38.2 Å². The number of hydrogen-bond acceptors (Lipinski definition) is 7. The molecule has 170 valence electrons. The zero-order valence-electron chi connectivity index (χ0n) is 18.6. The Bertz CT molecular complexity index is 1310. The molecule has 0 saturated carbocycles. The van der Waals surface area contributed by atoms with Gasteiger partial charge in [-0.3, -0.25) is 14.5 Å². The van der Waals surface area contributed by atoms with E-state index in [0.29, 0.717) is 39.9 Å². The number of carbonyl (C=O) groups excluding carboxylic acids is 2. The largest absolute Gasteiger partial charge is 0.497 e. The summed E-state index contributed by atoms with van der Waals surface area (Å²) in [5.74, 6) is 1.14. The van der Waals surface area contributed by atoms with E-state index in [1.54, 1.807) is 56.7 Å². The summed E-state index contributed by atoms with van der Waals surface area (Å²) in [4.78, 5) is 32.2. The van der Waals surface area contributed by atoms with Crippen molar-refractivity contribution in [3.8, 4) is 22.9 Å². The van der Waals surface area contributed by atoms with Crippen molar-refractivity contribution in [1.82, 2.24) is 15.0 Å². The molecule has 0 bridgehead atoms. The Labute approximate surface area is 195 Å². The topological polar surface area (TPSA) is 94.8 Å². The molecule has 4 aromatic rings. The summed E-state index contributed by atoms with van der Waals surface area (Å²) in [5.41, 5.74) is 2.23. The highest BCUT2D eigenvalue weighted by Gasteiger charge is 2.41. The first-order valence-electron chi connectivity index (χ1n) is 10.7. The number of ether oxygens (including phenoxy) is 2. The van der Waals surface area contributed by atoms with Crippen molar-refractivity contribution in [3.05, 3.63) is 95.4 Å². The molecule has 0 radical (unpaired) electrons. The molecule has 1 aliphatic rings. The van der Waals surface area contributed by atoms with Crippen LogP contribution in [0.3, 0.4) is 0 Å². The van der Waals surface area contributed by atoms with Gasteiger partial charge in [0, 0.05) is 11.6 Å². The molecule has 0 saturated heterocycles. The van der Waals surface area contributed by atoms with E-state index in [-0.39, 0.29) is 18.2 Å². The summed E-state index contributed by atoms with van der Waals surface area (Å²) < 4.78 is 16.2. The second-order valence-corrected chi connectivity index (χ2v) is 7.77. The van der Waals surface area contributed by atoms with Gasteiger partial charge in [0.1, 0.15) is 11.5 Å². The number of methoxy groups -OCH3 is 2. The molecule has 0 N–H and O–H groups in total. The standard InChI is InChI=1S/C26H21N3O5/c1-32-18-12-17(13-19(14-18)33-2)24-27-23(34-28-24)15-22(16-8-4-3-5-9-16)29-25(30)20-10-6-7-11-21(20)26(29)31/h3-14,22H,15H2,1-2H3/t22-/m0/s1. The van der Waals surface area contributed by atoms with Gasteiger partial charge in [-0.25, -0.2) is 0 Å². The quantitative estimate of drug-likeness (QED) is 0.383. The zero-order chi connectivity index (χ0) is 23.7. The molecular formula is C26H21N3O5. The van der Waals surface area contributed by atoms with Gasteiger partial charge in [-0.2, -0.15) is 4.98 Å². The Morgan fingerprint density at radius 2 is 1.44 bits per heavy atom. The number of benzene rings is 3. The Morgan fingerprint density at radius 3 is 2.03 bits per heavy atom. The van der Waals surface area contributed by atoms with Crippen molar-refractivity contribution in [2.75, 3.05) is 14.2 Å². The predicted molar refractivity (Wildman–Crippen MR) is 123 cm³/mol. The Kier molecular flexibility index (Phi) is 5.55. The van der Waals surface area contributed by atoms with Crippen LogP contribution < -0.4 is 9.47 Å². The van der Waals surface area contributed by atoms with E-state index in [4.69, 9.17) is 14.0 Å². The predicted octanol–water partition coefficient (Wildman–Crippen LogP) is 4.33. The highest BCUT2D eigenvalue weighted by Crippen LogP contribution is 2.34. The number of nitrogens with zero attached hydrogens (tertiary/aromatic N) is 3. The first-order chi connectivity index (χ1) is 16.6. The third-order valence-corrected chi connectivity index (χ3v) is 5.77. The molecule has 2 amide bonds. The van der Waals surface area contributed by atoms with Crippen LogP contribution in [0.25, 0.3) is 11.4 Å². The molecule has 8 nitrogen and oxygen atoms in total. The van der Waals surface area contributed by atoms with Crippen LogP contribution in [0.5, 0.6) is 11.5 Å². The number of hydrogen-bond donors (Lipinski definition) is 0. The SMILES string of the molecule is COc1cc(OC)cc(-c2noc(C[C@@H](c3ccccc3)N3C(=O)c4ccccc4C3=O)n2)c1. The van der Waals surface area contributed by atoms with E-state index in [1.807, 2.05) is 30.3 Å². The van der Waals surface area contributed by atoms with Crippen LogP contribution in [-0.4, -0.2) is 41.1 Å². The van der Waals surface area contributed by atoms with Gasteiger partial charge in [-0.15, -0.1) is 0 Å². The molecular weight excluding hydrogens is 434 g/mol. The number of carbonyl (C=O) groups is 2. The van der Waals surface area contributed by atoms with Gasteiger partial charge in [-0.1, -0.05) is 47.6 Å². The second-order valence-electron chi connectivity index (χ2n) is 7.77. The molecule has 0 spiro atoms. The van der Waals surface area contributed by atoms with Gasteiger partial charge >= 0.3 is 0 Å². The Morgan fingerprint density at radius 1 is 0.853 bits per heavy atom. The van der Waals surface area contributed by atoms with E-state index in [1.165, 1.54) is 4.90 Å². The molecule has 5 rings (SSSR count). The highest BCUT2D eigenvalue weighted by molar-refractivity contribution is 6.21. The van der Waals surface area contributed by atoms with Gasteiger partial charge in [0.15, 0.2) is 0 Å². The maximum Gasteiger partial charge on any atom is 0.262 e. The van der Waals surface area contributed by atoms with Gasteiger partial charge in [0.25, 0.3) is 11.8 Å². The number of imide groups is 1. The van der Waals surface area contributed by atoms with E-state index >= 15 is 0 Å². The van der Waals surface area contributed by atoms with E-state index < -0.39 is 6.04 Å². The molecule has 1 aliphatic heterocycles. The summed E-state index contributed by atoms with van der Waals surface area (Å²) >= 11 is 0. The summed E-state index contributed by atoms with van der Waals surface area (Å²) in [6, 6.07) is 20.9. The summed E-state index contributed by atoms with van der Waals surface area (Å²) in [5, 5.41) is 4.10. The maximum absolute atomic E-state index is 13.2. The Balaban J connectivity index is 1.50. The average Bonchev–Trinajstić information content (AvgIpc) is 3.46. The van der Waals surface area contributed by atoms with Gasteiger partial charge in [0.05, 0.1) is 37.8 Å². The first-order valence-corrected chi connectivity index (χ1v) is 10.7. The first kappa shape index (κ1) is 21.4. The van der Waals surface area contributed by atoms with Crippen molar-refractivity contribution < 1.29 is 23.6 Å². The minimum atomic E-state index is -0.609. The zero-order valence-corrected chi connectivity index (χ0v) is 18.6. The van der Waals surface area contributed by atoms with Crippen LogP contribution in [0.15, 0.2) is 77.3 Å². The van der Waals surface area contributed by atoms with Crippen LogP contribution in [0, 0.1) is 0 Å². The van der Waals surface area contributed by atoms with E-state index in [2.05, 4.69) is 10.1 Å². The number of fused-ring (bicyclic) bond motifs is 1. The van der Waals surface area contributed by atoms with Crippen molar-refractivity contribution in [3.63, 3.8) is 0 Å². The monoisotopic (exact) mass is 455 g/mol. The smallest absolute Gasteiger partial charge is 0.262 e. The van der Waals surface area contributed by atoms with Crippen molar-refractivity contribution in [2.24, 2.45) is 0 Å². The van der Waals surface area contributed by atoms with Crippen LogP contribution >= 0.6 is 0 Å². The minimum absolute atomic E-state index is 0.170. The van der Waals surface area contributed by atoms with Crippen LogP contribution in [0.4, 0.5) is 0 Å². The number of amides is 2. The number of rotatable bonds is 7. The lowest BCUT2D eigenvalue weighted by atomic mass is 10.0. The third kappa shape index (κ3) is 3.79. The van der Waals surface area contributed by atoms with Gasteiger partial charge < -0.3 is 14.0 Å². The molecule has 8 heteroatoms. The third-order valence-electron chi connectivity index (χ3n) is 5.77. The minimum Gasteiger partial charge on any atom is -0.497 e. The van der Waals surface area contributed by atoms with Crippen LogP contribution in [-0.2, 0) is 6.42 Å². The molecule has 1 atom stereocenters.